The highest BCUT2D eigenvalue weighted by molar-refractivity contribution is 5.83. The zero-order valence-corrected chi connectivity index (χ0v) is 13.9. The van der Waals surface area contributed by atoms with Crippen LogP contribution in [0.5, 0.6) is 5.75 Å². The van der Waals surface area contributed by atoms with Crippen molar-refractivity contribution in [3.63, 3.8) is 0 Å². The van der Waals surface area contributed by atoms with Crippen LogP contribution >= 0.6 is 0 Å². The highest BCUT2D eigenvalue weighted by Crippen LogP contribution is 2.15. The normalized spacial score (nSPS) is 10.8. The van der Waals surface area contributed by atoms with Crippen molar-refractivity contribution >= 4 is 12.1 Å². The van der Waals surface area contributed by atoms with Gasteiger partial charge in [0, 0.05) is 23.6 Å². The fourth-order valence-electron chi connectivity index (χ4n) is 2.40. The summed E-state index contributed by atoms with van der Waals surface area (Å²) in [5, 5.41) is 4.01. The maximum atomic E-state index is 11.8. The van der Waals surface area contributed by atoms with E-state index in [9.17, 15) is 4.79 Å². The molecule has 0 radical (unpaired) electrons. The third-order valence-electron chi connectivity index (χ3n) is 3.70. The average Bonchev–Trinajstić information content (AvgIpc) is 3.11. The minimum absolute atomic E-state index is 0.142. The fourth-order valence-corrected chi connectivity index (χ4v) is 2.40. The number of ether oxygens (including phenoxy) is 1. The molecule has 5 nitrogen and oxygen atoms in total. The second-order valence-corrected chi connectivity index (χ2v) is 5.51. The summed E-state index contributed by atoms with van der Waals surface area (Å²) in [6, 6.07) is 19.3. The number of hydrogen-bond donors (Lipinski definition) is 1. The van der Waals surface area contributed by atoms with E-state index in [-0.39, 0.29) is 5.91 Å². The molecule has 126 valence electrons. The number of methoxy groups -OCH3 is 1. The van der Waals surface area contributed by atoms with E-state index in [1.165, 1.54) is 0 Å². The molecule has 3 rings (SSSR count). The molecule has 0 aliphatic rings. The zero-order valence-electron chi connectivity index (χ0n) is 13.9. The van der Waals surface area contributed by atoms with E-state index in [1.54, 1.807) is 13.3 Å². The Balaban J connectivity index is 1.57. The molecular formula is C20H19N3O2. The maximum Gasteiger partial charge on any atom is 0.244 e. The molecule has 0 atom stereocenters. The third kappa shape index (κ3) is 4.57. The average molecular weight is 333 g/mol. The molecule has 25 heavy (non-hydrogen) atoms. The Hall–Kier alpha value is -3.34. The lowest BCUT2D eigenvalue weighted by Gasteiger charge is -2.04. The van der Waals surface area contributed by atoms with Gasteiger partial charge >= 0.3 is 0 Å². The first-order valence-corrected chi connectivity index (χ1v) is 7.93. The van der Waals surface area contributed by atoms with Crippen LogP contribution in [0.1, 0.15) is 11.1 Å². The molecule has 0 aliphatic heterocycles. The van der Waals surface area contributed by atoms with Crippen molar-refractivity contribution in [2.75, 3.05) is 7.11 Å². The summed E-state index contributed by atoms with van der Waals surface area (Å²) >= 11 is 0. The van der Waals surface area contributed by atoms with Crippen molar-refractivity contribution in [3.8, 4) is 11.4 Å². The smallest absolute Gasteiger partial charge is 0.244 e. The minimum atomic E-state index is -0.142. The summed E-state index contributed by atoms with van der Waals surface area (Å²) in [6.07, 6.45) is 5.82. The van der Waals surface area contributed by atoms with Gasteiger partial charge in [0.2, 0.25) is 5.91 Å². The monoisotopic (exact) mass is 333 g/mol. The molecule has 0 unspecified atom stereocenters. The van der Waals surface area contributed by atoms with Crippen LogP contribution in [0.2, 0.25) is 0 Å². The van der Waals surface area contributed by atoms with Gasteiger partial charge in [0.25, 0.3) is 0 Å². The van der Waals surface area contributed by atoms with Crippen molar-refractivity contribution < 1.29 is 9.53 Å². The van der Waals surface area contributed by atoms with Gasteiger partial charge in [0.1, 0.15) is 5.75 Å². The molecule has 1 aromatic heterocycles. The van der Waals surface area contributed by atoms with E-state index >= 15 is 0 Å². The quantitative estimate of drug-likeness (QED) is 0.556. The van der Waals surface area contributed by atoms with Gasteiger partial charge in [-0.25, -0.2) is 5.43 Å². The number of nitrogens with one attached hydrogen (secondary N) is 1. The molecule has 1 heterocycles. The molecule has 1 N–H and O–H groups in total. The number of amides is 1. The van der Waals surface area contributed by atoms with E-state index < -0.39 is 0 Å². The van der Waals surface area contributed by atoms with Crippen LogP contribution in [-0.2, 0) is 11.2 Å². The Bertz CT molecular complexity index is 852. The molecule has 0 bridgehead atoms. The molecule has 0 saturated carbocycles. The minimum Gasteiger partial charge on any atom is -0.497 e. The molecule has 0 aliphatic carbocycles. The SMILES string of the molecule is COc1ccc(-n2ccc(/C=N\NC(=O)Cc3ccccc3)c2)cc1. The van der Waals surface area contributed by atoms with Crippen molar-refractivity contribution in [1.82, 2.24) is 9.99 Å². The Morgan fingerprint density at radius 3 is 2.60 bits per heavy atom. The largest absolute Gasteiger partial charge is 0.497 e. The van der Waals surface area contributed by atoms with Gasteiger partial charge in [-0.05, 0) is 35.9 Å². The van der Waals surface area contributed by atoms with E-state index in [2.05, 4.69) is 10.5 Å². The van der Waals surface area contributed by atoms with Crippen LogP contribution in [-0.4, -0.2) is 23.8 Å². The van der Waals surface area contributed by atoms with E-state index in [0.29, 0.717) is 6.42 Å². The number of benzene rings is 2. The van der Waals surface area contributed by atoms with Crippen molar-refractivity contribution in [2.45, 2.75) is 6.42 Å². The second kappa shape index (κ2) is 7.97. The number of hydrogen-bond acceptors (Lipinski definition) is 3. The van der Waals surface area contributed by atoms with Crippen molar-refractivity contribution in [3.05, 3.63) is 84.2 Å². The maximum absolute atomic E-state index is 11.8. The zero-order chi connectivity index (χ0) is 17.5. The van der Waals surface area contributed by atoms with E-state index in [0.717, 1.165) is 22.6 Å². The van der Waals surface area contributed by atoms with Gasteiger partial charge < -0.3 is 9.30 Å². The van der Waals surface area contributed by atoms with Crippen LogP contribution in [0.15, 0.2) is 78.2 Å². The van der Waals surface area contributed by atoms with Crippen LogP contribution in [0.4, 0.5) is 0 Å². The highest BCUT2D eigenvalue weighted by Gasteiger charge is 2.01. The lowest BCUT2D eigenvalue weighted by Crippen LogP contribution is -2.19. The Morgan fingerprint density at radius 2 is 1.88 bits per heavy atom. The Morgan fingerprint density at radius 1 is 1.12 bits per heavy atom. The summed E-state index contributed by atoms with van der Waals surface area (Å²) in [5.41, 5.74) is 5.43. The molecule has 3 aromatic rings. The Labute approximate surface area is 146 Å². The van der Waals surface area contributed by atoms with Crippen molar-refractivity contribution in [1.29, 1.82) is 0 Å². The number of rotatable bonds is 6. The van der Waals surface area contributed by atoms with Crippen LogP contribution in [0.3, 0.4) is 0 Å². The lowest BCUT2D eigenvalue weighted by atomic mass is 10.1. The standard InChI is InChI=1S/C20H19N3O2/c1-25-19-9-7-18(8-10-19)23-12-11-17(15-23)14-21-22-20(24)13-16-5-3-2-4-6-16/h2-12,14-15H,13H2,1H3,(H,22,24)/b21-14-. The summed E-state index contributed by atoms with van der Waals surface area (Å²) in [4.78, 5) is 11.8. The molecule has 5 heteroatoms. The molecular weight excluding hydrogens is 314 g/mol. The fraction of sp³-hybridized carbons (Fsp3) is 0.100. The summed E-state index contributed by atoms with van der Waals surface area (Å²) in [6.45, 7) is 0. The van der Waals surface area contributed by atoms with Crippen molar-refractivity contribution in [2.24, 2.45) is 5.10 Å². The number of carbonyl (C=O) groups excluding carboxylic acids is 1. The van der Waals surface area contributed by atoms with Gasteiger partial charge in [0.05, 0.1) is 19.7 Å². The number of carbonyl (C=O) groups is 1. The first-order chi connectivity index (χ1) is 12.2. The summed E-state index contributed by atoms with van der Waals surface area (Å²) in [5.74, 6) is 0.677. The van der Waals surface area contributed by atoms with Gasteiger partial charge in [-0.2, -0.15) is 5.10 Å². The van der Waals surface area contributed by atoms with Crippen LogP contribution in [0.25, 0.3) is 5.69 Å². The molecule has 0 spiro atoms. The third-order valence-corrected chi connectivity index (χ3v) is 3.70. The highest BCUT2D eigenvalue weighted by atomic mass is 16.5. The van der Waals surface area contributed by atoms with E-state index in [4.69, 9.17) is 4.74 Å². The Kier molecular flexibility index (Phi) is 5.26. The molecule has 2 aromatic carbocycles. The predicted molar refractivity (Wildman–Crippen MR) is 98.2 cm³/mol. The number of hydrazone groups is 1. The van der Waals surface area contributed by atoms with E-state index in [1.807, 2.05) is 77.6 Å². The number of nitrogens with zero attached hydrogens (tertiary/aromatic N) is 2. The lowest BCUT2D eigenvalue weighted by molar-refractivity contribution is -0.120. The first-order valence-electron chi connectivity index (χ1n) is 7.93. The first kappa shape index (κ1) is 16.5. The van der Waals surface area contributed by atoms with Gasteiger partial charge in [-0.1, -0.05) is 30.3 Å². The second-order valence-electron chi connectivity index (χ2n) is 5.51. The summed E-state index contributed by atoms with van der Waals surface area (Å²) in [7, 11) is 1.64. The van der Waals surface area contributed by atoms with Gasteiger partial charge in [-0.3, -0.25) is 4.79 Å². The van der Waals surface area contributed by atoms with Crippen LogP contribution in [0, 0.1) is 0 Å². The predicted octanol–water partition coefficient (Wildman–Crippen LogP) is 3.18. The molecule has 0 fully saturated rings. The summed E-state index contributed by atoms with van der Waals surface area (Å²) < 4.78 is 7.14. The molecule has 0 saturated heterocycles. The van der Waals surface area contributed by atoms with Gasteiger partial charge in [-0.15, -0.1) is 0 Å². The van der Waals surface area contributed by atoms with Gasteiger partial charge in [0.15, 0.2) is 0 Å². The van der Waals surface area contributed by atoms with Crippen LogP contribution < -0.4 is 10.2 Å². The topological polar surface area (TPSA) is 55.6 Å². The number of aromatic nitrogens is 1. The molecule has 1 amide bonds.